The largest absolute Gasteiger partial charge is 0.511 e. The zero-order valence-electron chi connectivity index (χ0n) is 6.34. The van der Waals surface area contributed by atoms with Crippen molar-refractivity contribution >= 4 is 25.4 Å². The molecule has 0 spiro atoms. The van der Waals surface area contributed by atoms with Crippen molar-refractivity contribution in [2.24, 2.45) is 0 Å². The lowest BCUT2D eigenvalue weighted by Gasteiger charge is -2.20. The summed E-state index contributed by atoms with van der Waals surface area (Å²) in [6.07, 6.45) is 5.34. The Morgan fingerprint density at radius 2 is 1.73 bits per heavy atom. The first kappa shape index (κ1) is 11.6. The predicted molar refractivity (Wildman–Crippen MR) is 51.3 cm³/mol. The molecule has 0 aromatic heterocycles. The van der Waals surface area contributed by atoms with Gasteiger partial charge in [-0.05, 0) is 37.2 Å². The molecule has 0 radical (unpaired) electrons. The molecule has 1 saturated carbocycles. The van der Waals surface area contributed by atoms with Gasteiger partial charge in [-0.1, -0.05) is 6.42 Å². The van der Waals surface area contributed by atoms with E-state index in [9.17, 15) is 4.57 Å². The molecule has 1 N–H and O–H groups in total. The summed E-state index contributed by atoms with van der Waals surface area (Å²) in [5.74, 6) is 0. The first-order valence-electron chi connectivity index (χ1n) is 3.81. The molecule has 64 valence electrons. The third-order valence-corrected chi connectivity index (χ3v) is 3.76. The van der Waals surface area contributed by atoms with Gasteiger partial charge >= 0.3 is 8.03 Å². The summed E-state index contributed by atoms with van der Waals surface area (Å²) in [4.78, 5) is 8.95. The van der Waals surface area contributed by atoms with Crippen molar-refractivity contribution in [2.45, 2.75) is 44.2 Å². The molecular weight excluding hydrogens is 174 g/mol. The highest BCUT2D eigenvalue weighted by molar-refractivity contribution is 7.40. The van der Waals surface area contributed by atoms with Crippen LogP contribution in [0.1, 0.15) is 39.0 Å². The number of rotatable bonds is 1. The molecule has 0 aromatic rings. The molecule has 0 aliphatic heterocycles. The van der Waals surface area contributed by atoms with Crippen LogP contribution in [-0.4, -0.2) is 27.4 Å². The van der Waals surface area contributed by atoms with Crippen LogP contribution < -0.4 is 0 Å². The van der Waals surface area contributed by atoms with Gasteiger partial charge in [-0.3, -0.25) is 0 Å². The third kappa shape index (κ3) is 2.84. The Kier molecular flexibility index (Phi) is 4.82. The minimum Gasteiger partial charge on any atom is -0.160 e. The van der Waals surface area contributed by atoms with Crippen LogP contribution in [0.3, 0.4) is 0 Å². The summed E-state index contributed by atoms with van der Waals surface area (Å²) in [5, 5.41) is -0.256. The summed E-state index contributed by atoms with van der Waals surface area (Å²) >= 11 is 0. The lowest BCUT2D eigenvalue weighted by molar-refractivity contribution is 0.369. The summed E-state index contributed by atoms with van der Waals surface area (Å²) in [5.41, 5.74) is 0. The maximum atomic E-state index is 10.8. The van der Waals surface area contributed by atoms with Gasteiger partial charge in [0.2, 0.25) is 0 Å². The quantitative estimate of drug-likeness (QED) is 0.500. The zero-order valence-corrected chi connectivity index (χ0v) is 7.23. The van der Waals surface area contributed by atoms with Crippen LogP contribution in [0.2, 0.25) is 0 Å². The second-order valence-corrected chi connectivity index (χ2v) is 4.96. The van der Waals surface area contributed by atoms with E-state index < -0.39 is 8.03 Å². The van der Waals surface area contributed by atoms with Crippen molar-refractivity contribution in [3.63, 3.8) is 0 Å². The summed E-state index contributed by atoms with van der Waals surface area (Å²) in [6.45, 7) is 1.92. The minimum atomic E-state index is -1.95. The molecule has 1 unspecified atom stereocenters. The Bertz CT molecular complexity index is 143. The van der Waals surface area contributed by atoms with E-state index in [1.807, 2.05) is 6.92 Å². The van der Waals surface area contributed by atoms with Gasteiger partial charge in [0.05, 0.1) is 0 Å². The molecule has 0 heterocycles. The van der Waals surface area contributed by atoms with Crippen LogP contribution in [0.25, 0.3) is 0 Å². The summed E-state index contributed by atoms with van der Waals surface area (Å²) in [7, 11) is -1.95. The van der Waals surface area contributed by atoms with Crippen molar-refractivity contribution in [3.05, 3.63) is 0 Å². The van der Waals surface area contributed by atoms with Gasteiger partial charge in [-0.15, -0.1) is 0 Å². The maximum Gasteiger partial charge on any atom is 0.511 e. The van der Waals surface area contributed by atoms with Gasteiger partial charge in [0, 0.05) is 0 Å². The Morgan fingerprint density at radius 1 is 1.27 bits per heavy atom. The molecule has 1 atom stereocenters. The monoisotopic (exact) mass is 191 g/mol. The highest BCUT2D eigenvalue weighted by Crippen LogP contribution is 2.45. The van der Waals surface area contributed by atoms with Crippen LogP contribution >= 0.6 is 8.03 Å². The van der Waals surface area contributed by atoms with Gasteiger partial charge < -0.3 is 0 Å². The molecule has 2 nitrogen and oxygen atoms in total. The molecular formula is C7H17AlO2P+. The second-order valence-electron chi connectivity index (χ2n) is 3.33. The van der Waals surface area contributed by atoms with Crippen molar-refractivity contribution in [3.8, 4) is 0 Å². The fraction of sp³-hybridized carbons (Fsp3) is 1.00. The van der Waals surface area contributed by atoms with Crippen LogP contribution in [0, 0.1) is 0 Å². The average molecular weight is 191 g/mol. The molecule has 1 aliphatic rings. The van der Waals surface area contributed by atoms with Crippen LogP contribution in [0.4, 0.5) is 0 Å². The fourth-order valence-electron chi connectivity index (χ4n) is 1.50. The van der Waals surface area contributed by atoms with Crippen molar-refractivity contribution in [1.82, 2.24) is 0 Å². The molecule has 1 fully saturated rings. The van der Waals surface area contributed by atoms with Crippen LogP contribution in [-0.2, 0) is 4.57 Å². The van der Waals surface area contributed by atoms with Gasteiger partial charge in [-0.2, -0.15) is 4.89 Å². The highest BCUT2D eigenvalue weighted by atomic mass is 31.1. The van der Waals surface area contributed by atoms with Gasteiger partial charge in [0.15, 0.2) is 22.5 Å². The first-order valence-corrected chi connectivity index (χ1v) is 5.03. The molecule has 0 saturated heterocycles. The lowest BCUT2D eigenvalue weighted by atomic mass is 9.90. The van der Waals surface area contributed by atoms with Crippen molar-refractivity contribution < 1.29 is 9.46 Å². The number of hydrogen-bond donors (Lipinski definition) is 1. The summed E-state index contributed by atoms with van der Waals surface area (Å²) in [6, 6.07) is 0. The standard InChI is InChI=1S/C7H13O2P.Al.3H/c1-7(10(8)9)5-3-2-4-6-7;;;;/h2-6H2,1H3;;;;/p+1. The predicted octanol–water partition coefficient (Wildman–Crippen LogP) is 1.26. The minimum absolute atomic E-state index is 0. The van der Waals surface area contributed by atoms with Gasteiger partial charge in [-0.25, -0.2) is 0 Å². The molecule has 0 aromatic carbocycles. The van der Waals surface area contributed by atoms with E-state index in [0.29, 0.717) is 0 Å². The Hall–Kier alpha value is 0.592. The first-order chi connectivity index (χ1) is 4.65. The molecule has 4 heteroatoms. The van der Waals surface area contributed by atoms with Crippen molar-refractivity contribution in [2.75, 3.05) is 0 Å². The topological polar surface area (TPSA) is 37.3 Å². The van der Waals surface area contributed by atoms with E-state index in [1.165, 1.54) is 6.42 Å². The Labute approximate surface area is 79.4 Å². The van der Waals surface area contributed by atoms with E-state index in [-0.39, 0.29) is 22.5 Å². The van der Waals surface area contributed by atoms with E-state index in [4.69, 9.17) is 4.89 Å². The average Bonchev–Trinajstić information content (AvgIpc) is 1.89. The van der Waals surface area contributed by atoms with E-state index >= 15 is 0 Å². The Balaban J connectivity index is 0.000001000. The third-order valence-electron chi connectivity index (χ3n) is 2.39. The molecule has 1 rings (SSSR count). The highest BCUT2D eigenvalue weighted by Gasteiger charge is 2.44. The van der Waals surface area contributed by atoms with E-state index in [2.05, 4.69) is 0 Å². The number of hydrogen-bond acceptors (Lipinski definition) is 1. The van der Waals surface area contributed by atoms with E-state index in [1.54, 1.807) is 0 Å². The molecule has 0 amide bonds. The van der Waals surface area contributed by atoms with Gasteiger partial charge in [0.25, 0.3) is 0 Å². The van der Waals surface area contributed by atoms with Gasteiger partial charge in [0.1, 0.15) is 0 Å². The lowest BCUT2D eigenvalue weighted by Crippen LogP contribution is -2.22. The second kappa shape index (κ2) is 4.58. The van der Waals surface area contributed by atoms with E-state index in [0.717, 1.165) is 25.7 Å². The molecule has 1 aliphatic carbocycles. The SMILES string of the molecule is CC1([P+](=O)O)CCCCC1.[AlH3]. The zero-order chi connectivity index (χ0) is 7.61. The fourth-order valence-corrected chi connectivity index (χ4v) is 2.20. The molecule has 0 bridgehead atoms. The Morgan fingerprint density at radius 3 is 2.00 bits per heavy atom. The molecule has 11 heavy (non-hydrogen) atoms. The maximum absolute atomic E-state index is 10.8. The smallest absolute Gasteiger partial charge is 0.160 e. The normalized spacial score (nSPS) is 23.6. The van der Waals surface area contributed by atoms with Crippen LogP contribution in [0.5, 0.6) is 0 Å². The van der Waals surface area contributed by atoms with Crippen molar-refractivity contribution in [1.29, 1.82) is 0 Å². The van der Waals surface area contributed by atoms with Crippen LogP contribution in [0.15, 0.2) is 0 Å². The summed E-state index contributed by atoms with van der Waals surface area (Å²) < 4.78 is 10.8.